The van der Waals surface area contributed by atoms with Crippen LogP contribution in [-0.2, 0) is 4.79 Å². The van der Waals surface area contributed by atoms with Crippen molar-refractivity contribution >= 4 is 5.97 Å². The van der Waals surface area contributed by atoms with Crippen molar-refractivity contribution in [1.82, 2.24) is 0 Å². The molecule has 0 heterocycles. The molecule has 0 saturated heterocycles. The molecule has 0 amide bonds. The largest absolute Gasteiger partial charge is 0.481 e. The molecule has 2 rings (SSSR count). The molecule has 0 aromatic carbocycles. The van der Waals surface area contributed by atoms with E-state index in [0.29, 0.717) is 0 Å². The molecule has 2 fully saturated rings. The van der Waals surface area contributed by atoms with Crippen LogP contribution in [0.15, 0.2) is 0 Å². The van der Waals surface area contributed by atoms with Gasteiger partial charge in [-0.25, -0.2) is 0 Å². The molecule has 2 aliphatic carbocycles. The molecule has 1 N–H and O–H groups in total. The fraction of sp³-hybridized carbons (Fsp3) is 0.889. The Morgan fingerprint density at radius 2 is 1.86 bits per heavy atom. The van der Waals surface area contributed by atoms with E-state index >= 15 is 0 Å². The van der Waals surface area contributed by atoms with Crippen molar-refractivity contribution in [2.75, 3.05) is 0 Å². The molecule has 80 valence electrons. The van der Waals surface area contributed by atoms with Crippen LogP contribution in [0.25, 0.3) is 0 Å². The normalized spacial score (nSPS) is 40.8. The van der Waals surface area contributed by atoms with Crippen LogP contribution in [0.5, 0.6) is 0 Å². The van der Waals surface area contributed by atoms with Gasteiger partial charge < -0.3 is 5.11 Å². The Balaban J connectivity index is 2.12. The first-order valence-corrected chi connectivity index (χ1v) is 4.63. The van der Waals surface area contributed by atoms with E-state index in [1.54, 1.807) is 0 Å². The molecule has 0 aromatic rings. The SMILES string of the molecule is O=C(O)C1(CC(F)(F)F)CC2CC2C1. The van der Waals surface area contributed by atoms with Crippen LogP contribution in [-0.4, -0.2) is 17.3 Å². The molecule has 0 spiro atoms. The molecular formula is C9H11F3O2. The van der Waals surface area contributed by atoms with Crippen LogP contribution in [0.1, 0.15) is 25.7 Å². The van der Waals surface area contributed by atoms with Crippen LogP contribution in [0.4, 0.5) is 13.2 Å². The molecule has 5 heteroatoms. The summed E-state index contributed by atoms with van der Waals surface area (Å²) in [7, 11) is 0. The van der Waals surface area contributed by atoms with Gasteiger partial charge in [-0.3, -0.25) is 4.79 Å². The van der Waals surface area contributed by atoms with Gasteiger partial charge in [0.2, 0.25) is 0 Å². The van der Waals surface area contributed by atoms with Crippen molar-refractivity contribution < 1.29 is 23.1 Å². The lowest BCUT2D eigenvalue weighted by Gasteiger charge is -2.26. The molecule has 2 unspecified atom stereocenters. The van der Waals surface area contributed by atoms with Crippen molar-refractivity contribution in [3.8, 4) is 0 Å². The molecular weight excluding hydrogens is 197 g/mol. The number of aliphatic carboxylic acids is 1. The zero-order valence-corrected chi connectivity index (χ0v) is 7.47. The molecule has 2 saturated carbocycles. The van der Waals surface area contributed by atoms with Crippen molar-refractivity contribution in [2.24, 2.45) is 17.3 Å². The van der Waals surface area contributed by atoms with Crippen molar-refractivity contribution in [1.29, 1.82) is 0 Å². The maximum atomic E-state index is 12.2. The third-order valence-corrected chi connectivity index (χ3v) is 3.37. The number of hydrogen-bond acceptors (Lipinski definition) is 1. The summed E-state index contributed by atoms with van der Waals surface area (Å²) in [4.78, 5) is 10.9. The molecule has 2 aliphatic rings. The van der Waals surface area contributed by atoms with E-state index in [1.807, 2.05) is 0 Å². The van der Waals surface area contributed by atoms with E-state index in [9.17, 15) is 18.0 Å². The van der Waals surface area contributed by atoms with Gasteiger partial charge in [0.25, 0.3) is 0 Å². The number of rotatable bonds is 2. The number of fused-ring (bicyclic) bond motifs is 1. The molecule has 0 aliphatic heterocycles. The minimum absolute atomic E-state index is 0.215. The molecule has 0 aromatic heterocycles. The Bertz CT molecular complexity index is 262. The summed E-state index contributed by atoms with van der Waals surface area (Å²) in [6.07, 6.45) is -4.18. The maximum absolute atomic E-state index is 12.2. The molecule has 0 bridgehead atoms. The summed E-state index contributed by atoms with van der Waals surface area (Å²) in [5, 5.41) is 8.87. The van der Waals surface area contributed by atoms with Crippen molar-refractivity contribution in [3.05, 3.63) is 0 Å². The van der Waals surface area contributed by atoms with Gasteiger partial charge in [0, 0.05) is 0 Å². The highest BCUT2D eigenvalue weighted by Gasteiger charge is 2.60. The standard InChI is InChI=1S/C9H11F3O2/c10-9(11,12)4-8(7(13)14)2-5-1-6(5)3-8/h5-6H,1-4H2,(H,13,14). The second kappa shape index (κ2) is 2.64. The number of halogens is 3. The van der Waals surface area contributed by atoms with Gasteiger partial charge >= 0.3 is 12.1 Å². The summed E-state index contributed by atoms with van der Waals surface area (Å²) in [5.74, 6) is -0.788. The van der Waals surface area contributed by atoms with Gasteiger partial charge in [-0.15, -0.1) is 0 Å². The average Bonchev–Trinajstić information content (AvgIpc) is 2.56. The molecule has 14 heavy (non-hydrogen) atoms. The second-order valence-electron chi connectivity index (χ2n) is 4.54. The Morgan fingerprint density at radius 1 is 1.36 bits per heavy atom. The fourth-order valence-corrected chi connectivity index (χ4v) is 2.68. The third-order valence-electron chi connectivity index (χ3n) is 3.37. The zero-order valence-electron chi connectivity index (χ0n) is 7.47. The molecule has 2 nitrogen and oxygen atoms in total. The first-order chi connectivity index (χ1) is 6.32. The Hall–Kier alpha value is -0.740. The molecule has 2 atom stereocenters. The van der Waals surface area contributed by atoms with Crippen molar-refractivity contribution in [3.63, 3.8) is 0 Å². The van der Waals surface area contributed by atoms with Crippen LogP contribution in [0, 0.1) is 17.3 Å². The molecule has 0 radical (unpaired) electrons. The monoisotopic (exact) mass is 208 g/mol. The number of carbonyl (C=O) groups is 1. The van der Waals surface area contributed by atoms with E-state index in [-0.39, 0.29) is 24.7 Å². The lowest BCUT2D eigenvalue weighted by Crippen LogP contribution is -2.34. The first-order valence-electron chi connectivity index (χ1n) is 4.63. The number of carboxylic acids is 1. The minimum atomic E-state index is -4.37. The maximum Gasteiger partial charge on any atom is 0.390 e. The van der Waals surface area contributed by atoms with Gasteiger partial charge in [0.1, 0.15) is 0 Å². The lowest BCUT2D eigenvalue weighted by atomic mass is 9.79. The van der Waals surface area contributed by atoms with Crippen LogP contribution >= 0.6 is 0 Å². The summed E-state index contributed by atoms with van der Waals surface area (Å²) >= 11 is 0. The van der Waals surface area contributed by atoms with Crippen molar-refractivity contribution in [2.45, 2.75) is 31.9 Å². The van der Waals surface area contributed by atoms with E-state index < -0.39 is 24.0 Å². The topological polar surface area (TPSA) is 37.3 Å². The number of alkyl halides is 3. The third kappa shape index (κ3) is 1.60. The van der Waals surface area contributed by atoms with Gasteiger partial charge in [0.15, 0.2) is 0 Å². The van der Waals surface area contributed by atoms with E-state index in [2.05, 4.69) is 0 Å². The van der Waals surface area contributed by atoms with Crippen LogP contribution in [0.3, 0.4) is 0 Å². The number of hydrogen-bond donors (Lipinski definition) is 1. The summed E-state index contributed by atoms with van der Waals surface area (Å²) in [6.45, 7) is 0. The Labute approximate surface area is 79.1 Å². The zero-order chi connectivity index (χ0) is 10.6. The van der Waals surface area contributed by atoms with Gasteiger partial charge in [-0.1, -0.05) is 0 Å². The van der Waals surface area contributed by atoms with Gasteiger partial charge in [0.05, 0.1) is 11.8 Å². The summed E-state index contributed by atoms with van der Waals surface area (Å²) in [5.41, 5.74) is -1.51. The fourth-order valence-electron chi connectivity index (χ4n) is 2.68. The van der Waals surface area contributed by atoms with Gasteiger partial charge in [-0.05, 0) is 31.1 Å². The van der Waals surface area contributed by atoms with Gasteiger partial charge in [-0.2, -0.15) is 13.2 Å². The van der Waals surface area contributed by atoms with Crippen LogP contribution < -0.4 is 0 Å². The first kappa shape index (κ1) is 9.80. The number of carboxylic acid groups (broad SMARTS) is 1. The Kier molecular flexibility index (Phi) is 1.85. The van der Waals surface area contributed by atoms with E-state index in [1.165, 1.54) is 0 Å². The predicted octanol–water partition coefficient (Wildman–Crippen LogP) is 2.44. The highest BCUT2D eigenvalue weighted by atomic mass is 19.4. The highest BCUT2D eigenvalue weighted by Crippen LogP contribution is 2.62. The van der Waals surface area contributed by atoms with E-state index in [0.717, 1.165) is 6.42 Å². The quantitative estimate of drug-likeness (QED) is 0.756. The van der Waals surface area contributed by atoms with E-state index in [4.69, 9.17) is 5.11 Å². The highest BCUT2D eigenvalue weighted by molar-refractivity contribution is 5.75. The summed E-state index contributed by atoms with van der Waals surface area (Å²) < 4.78 is 36.6. The summed E-state index contributed by atoms with van der Waals surface area (Å²) in [6, 6.07) is 0. The van der Waals surface area contributed by atoms with Crippen LogP contribution in [0.2, 0.25) is 0 Å². The average molecular weight is 208 g/mol. The second-order valence-corrected chi connectivity index (χ2v) is 4.54. The Morgan fingerprint density at radius 3 is 2.21 bits per heavy atom. The smallest absolute Gasteiger partial charge is 0.390 e. The minimum Gasteiger partial charge on any atom is -0.481 e. The predicted molar refractivity (Wildman–Crippen MR) is 41.6 cm³/mol. The lowest BCUT2D eigenvalue weighted by molar-refractivity contribution is -0.179.